The van der Waals surface area contributed by atoms with Gasteiger partial charge in [0.15, 0.2) is 0 Å². The van der Waals surface area contributed by atoms with Crippen LogP contribution in [0.3, 0.4) is 0 Å². The van der Waals surface area contributed by atoms with Crippen LogP contribution in [0.4, 0.5) is 5.69 Å². The average molecular weight is 501 g/mol. The first kappa shape index (κ1) is 25.9. The van der Waals surface area contributed by atoms with Gasteiger partial charge in [0.1, 0.15) is 11.8 Å². The molecule has 4 rings (SSSR count). The van der Waals surface area contributed by atoms with Gasteiger partial charge in [0, 0.05) is 18.7 Å². The van der Waals surface area contributed by atoms with E-state index < -0.39 is 18.0 Å². The van der Waals surface area contributed by atoms with Crippen LogP contribution in [0.1, 0.15) is 27.8 Å². The number of anilines is 1. The molecule has 0 saturated heterocycles. The van der Waals surface area contributed by atoms with Crippen molar-refractivity contribution in [3.05, 3.63) is 94.5 Å². The molecular weight excluding hydrogens is 468 g/mol. The van der Waals surface area contributed by atoms with Gasteiger partial charge in [0.25, 0.3) is 0 Å². The standard InChI is InChI=1S/C29H32N4O4/c1-18-12-23(34)13-19(2)24(18)15-25(30)29(37)33-17-21-9-7-6-8-20(21)14-26(33)28(36)31-16-27(35)32-22-10-4-3-5-11-22/h3-13,25-26,34H,14-17,30H2,1-2H3,(H,31,36)(H,32,35)/t25-,26+/m0/s1. The number of nitrogens with one attached hydrogen (secondary N) is 2. The Bertz CT molecular complexity index is 1290. The average Bonchev–Trinajstić information content (AvgIpc) is 2.88. The molecule has 0 aliphatic carbocycles. The lowest BCUT2D eigenvalue weighted by molar-refractivity contribution is -0.143. The van der Waals surface area contributed by atoms with Crippen LogP contribution < -0.4 is 16.4 Å². The second kappa shape index (κ2) is 11.3. The van der Waals surface area contributed by atoms with E-state index in [0.717, 1.165) is 27.8 Å². The Morgan fingerprint density at radius 2 is 1.62 bits per heavy atom. The number of hydrogen-bond donors (Lipinski definition) is 4. The molecule has 0 saturated carbocycles. The number of carbonyl (C=O) groups excluding carboxylic acids is 3. The van der Waals surface area contributed by atoms with E-state index in [1.54, 1.807) is 24.3 Å². The van der Waals surface area contributed by atoms with Gasteiger partial charge in [0.05, 0.1) is 12.6 Å². The molecule has 0 aromatic heterocycles. The molecule has 0 fully saturated rings. The highest BCUT2D eigenvalue weighted by Crippen LogP contribution is 2.26. The molecule has 8 nitrogen and oxygen atoms in total. The van der Waals surface area contributed by atoms with E-state index in [1.165, 1.54) is 4.90 Å². The molecule has 37 heavy (non-hydrogen) atoms. The highest BCUT2D eigenvalue weighted by Gasteiger charge is 2.36. The molecule has 1 heterocycles. The lowest BCUT2D eigenvalue weighted by atomic mass is 9.91. The first-order chi connectivity index (χ1) is 17.7. The summed E-state index contributed by atoms with van der Waals surface area (Å²) in [5.74, 6) is -0.937. The number of rotatable bonds is 7. The summed E-state index contributed by atoms with van der Waals surface area (Å²) in [5.41, 5.74) is 11.6. The Morgan fingerprint density at radius 3 is 2.30 bits per heavy atom. The van der Waals surface area contributed by atoms with E-state index in [1.807, 2.05) is 56.3 Å². The van der Waals surface area contributed by atoms with Crippen molar-refractivity contribution >= 4 is 23.4 Å². The van der Waals surface area contributed by atoms with Gasteiger partial charge in [-0.25, -0.2) is 0 Å². The van der Waals surface area contributed by atoms with Gasteiger partial charge in [-0.3, -0.25) is 14.4 Å². The summed E-state index contributed by atoms with van der Waals surface area (Å²) >= 11 is 0. The van der Waals surface area contributed by atoms with Gasteiger partial charge < -0.3 is 26.4 Å². The third kappa shape index (κ3) is 6.16. The minimum absolute atomic E-state index is 0.166. The predicted molar refractivity (Wildman–Crippen MR) is 142 cm³/mol. The number of nitrogens with zero attached hydrogens (tertiary/aromatic N) is 1. The number of benzene rings is 3. The minimum Gasteiger partial charge on any atom is -0.508 e. The second-order valence-electron chi connectivity index (χ2n) is 9.46. The van der Waals surface area contributed by atoms with E-state index >= 15 is 0 Å². The Balaban J connectivity index is 1.49. The quantitative estimate of drug-likeness (QED) is 0.397. The number of fused-ring (bicyclic) bond motifs is 1. The van der Waals surface area contributed by atoms with E-state index in [2.05, 4.69) is 10.6 Å². The Hall–Kier alpha value is -4.17. The normalized spacial score (nSPS) is 15.4. The van der Waals surface area contributed by atoms with Crippen molar-refractivity contribution in [3.8, 4) is 5.75 Å². The molecule has 0 radical (unpaired) electrons. The number of phenols is 1. The molecule has 5 N–H and O–H groups in total. The highest BCUT2D eigenvalue weighted by molar-refractivity contribution is 5.96. The largest absolute Gasteiger partial charge is 0.508 e. The molecule has 8 heteroatoms. The number of nitrogens with two attached hydrogens (primary N) is 1. The van der Waals surface area contributed by atoms with Crippen molar-refractivity contribution in [2.75, 3.05) is 11.9 Å². The van der Waals surface area contributed by atoms with Crippen molar-refractivity contribution in [1.29, 1.82) is 0 Å². The SMILES string of the molecule is Cc1cc(O)cc(C)c1C[C@H](N)C(=O)N1Cc2ccccc2C[C@@H]1C(=O)NCC(=O)Nc1ccccc1. The van der Waals surface area contributed by atoms with Crippen molar-refractivity contribution in [1.82, 2.24) is 10.2 Å². The molecule has 1 aliphatic heterocycles. The minimum atomic E-state index is -0.871. The van der Waals surface area contributed by atoms with Crippen LogP contribution in [0.2, 0.25) is 0 Å². The summed E-state index contributed by atoms with van der Waals surface area (Å²) in [4.78, 5) is 40.7. The molecule has 2 atom stereocenters. The van der Waals surface area contributed by atoms with Gasteiger partial charge in [-0.1, -0.05) is 42.5 Å². The maximum Gasteiger partial charge on any atom is 0.243 e. The van der Waals surface area contributed by atoms with Crippen LogP contribution in [-0.2, 0) is 33.8 Å². The zero-order valence-electron chi connectivity index (χ0n) is 21.0. The fraction of sp³-hybridized carbons (Fsp3) is 0.276. The summed E-state index contributed by atoms with van der Waals surface area (Å²) in [6.07, 6.45) is 0.612. The summed E-state index contributed by atoms with van der Waals surface area (Å²) in [6.45, 7) is 3.77. The number of phenolic OH excluding ortho intramolecular Hbond substituents is 1. The topological polar surface area (TPSA) is 125 Å². The predicted octanol–water partition coefficient (Wildman–Crippen LogP) is 2.59. The van der Waals surface area contributed by atoms with Gasteiger partial charge in [0.2, 0.25) is 17.7 Å². The van der Waals surface area contributed by atoms with Crippen LogP contribution in [0.15, 0.2) is 66.7 Å². The molecule has 3 aromatic rings. The van der Waals surface area contributed by atoms with E-state index in [4.69, 9.17) is 5.73 Å². The lowest BCUT2D eigenvalue weighted by Crippen LogP contribution is -2.57. The van der Waals surface area contributed by atoms with E-state index in [-0.39, 0.29) is 37.1 Å². The zero-order chi connectivity index (χ0) is 26.5. The van der Waals surface area contributed by atoms with Crippen LogP contribution in [0, 0.1) is 13.8 Å². The monoisotopic (exact) mass is 500 g/mol. The molecule has 3 aromatic carbocycles. The van der Waals surface area contributed by atoms with Crippen molar-refractivity contribution < 1.29 is 19.5 Å². The molecule has 192 valence electrons. The Labute approximate surface area is 216 Å². The second-order valence-corrected chi connectivity index (χ2v) is 9.46. The van der Waals surface area contributed by atoms with E-state index in [9.17, 15) is 19.5 Å². The van der Waals surface area contributed by atoms with Crippen LogP contribution in [0.25, 0.3) is 0 Å². The first-order valence-electron chi connectivity index (χ1n) is 12.3. The fourth-order valence-electron chi connectivity index (χ4n) is 4.81. The Kier molecular flexibility index (Phi) is 7.89. The van der Waals surface area contributed by atoms with Crippen molar-refractivity contribution in [3.63, 3.8) is 0 Å². The maximum absolute atomic E-state index is 13.6. The summed E-state index contributed by atoms with van der Waals surface area (Å²) in [5, 5.41) is 15.3. The van der Waals surface area contributed by atoms with Crippen LogP contribution in [-0.4, -0.2) is 46.4 Å². The number of para-hydroxylation sites is 1. The first-order valence-corrected chi connectivity index (χ1v) is 12.3. The van der Waals surface area contributed by atoms with Crippen LogP contribution >= 0.6 is 0 Å². The van der Waals surface area contributed by atoms with E-state index in [0.29, 0.717) is 12.1 Å². The van der Waals surface area contributed by atoms with Gasteiger partial charge in [-0.15, -0.1) is 0 Å². The fourth-order valence-corrected chi connectivity index (χ4v) is 4.81. The lowest BCUT2D eigenvalue weighted by Gasteiger charge is -2.37. The molecule has 0 bridgehead atoms. The van der Waals surface area contributed by atoms with Crippen LogP contribution in [0.5, 0.6) is 5.75 Å². The number of carbonyl (C=O) groups is 3. The van der Waals surface area contributed by atoms with Crippen molar-refractivity contribution in [2.24, 2.45) is 5.73 Å². The zero-order valence-corrected chi connectivity index (χ0v) is 21.0. The third-order valence-corrected chi connectivity index (χ3v) is 6.74. The molecule has 0 spiro atoms. The molecule has 0 unspecified atom stereocenters. The summed E-state index contributed by atoms with van der Waals surface area (Å²) in [6, 6.07) is 18.3. The number of aromatic hydroxyl groups is 1. The number of amides is 3. The highest BCUT2D eigenvalue weighted by atomic mass is 16.3. The van der Waals surface area contributed by atoms with Crippen molar-refractivity contribution in [2.45, 2.75) is 45.3 Å². The van der Waals surface area contributed by atoms with Gasteiger partial charge in [-0.2, -0.15) is 0 Å². The molecule has 3 amide bonds. The van der Waals surface area contributed by atoms with Gasteiger partial charge >= 0.3 is 0 Å². The number of hydrogen-bond acceptors (Lipinski definition) is 5. The third-order valence-electron chi connectivity index (χ3n) is 6.74. The smallest absolute Gasteiger partial charge is 0.243 e. The summed E-state index contributed by atoms with van der Waals surface area (Å²) < 4.78 is 0. The number of aryl methyl sites for hydroxylation is 2. The maximum atomic E-state index is 13.6. The molecule has 1 aliphatic rings. The molecular formula is C29H32N4O4. The summed E-state index contributed by atoms with van der Waals surface area (Å²) in [7, 11) is 0. The van der Waals surface area contributed by atoms with Gasteiger partial charge in [-0.05, 0) is 72.4 Å². The Morgan fingerprint density at radius 1 is 1.00 bits per heavy atom.